The summed E-state index contributed by atoms with van der Waals surface area (Å²) < 4.78 is 2.51. The molecule has 0 spiro atoms. The predicted octanol–water partition coefficient (Wildman–Crippen LogP) is 2.93. The zero-order valence-corrected chi connectivity index (χ0v) is 14.6. The lowest BCUT2D eigenvalue weighted by Crippen LogP contribution is -2.56. The molecule has 0 bridgehead atoms. The lowest BCUT2D eigenvalue weighted by Gasteiger charge is -2.27. The Morgan fingerprint density at radius 1 is 1.30 bits per heavy atom. The van der Waals surface area contributed by atoms with E-state index in [9.17, 15) is 14.9 Å². The summed E-state index contributed by atoms with van der Waals surface area (Å²) in [6.07, 6.45) is -2.00. The van der Waals surface area contributed by atoms with Crippen molar-refractivity contribution >= 4 is 69.6 Å². The number of non-ortho nitro benzene ring substituents is 1. The molecule has 0 unspecified atom stereocenters. The number of alkyl carbamates (subject to hydrolysis) is 1. The third-order valence-corrected chi connectivity index (χ3v) is 3.26. The highest BCUT2D eigenvalue weighted by atomic mass is 35.6. The van der Waals surface area contributed by atoms with Crippen LogP contribution in [-0.4, -0.2) is 33.2 Å². The molecular formula is C11H11Cl3N4O4S. The molecular weight excluding hydrogens is 391 g/mol. The first-order valence-corrected chi connectivity index (χ1v) is 7.41. The number of carbonyl (C=O) groups excluding carboxylic acids is 1. The third kappa shape index (κ3) is 6.61. The van der Waals surface area contributed by atoms with Crippen LogP contribution >= 0.6 is 47.0 Å². The molecule has 0 aliphatic carbocycles. The van der Waals surface area contributed by atoms with Crippen LogP contribution in [0.1, 0.15) is 0 Å². The fourth-order valence-corrected chi connectivity index (χ4v) is 1.90. The third-order valence-electron chi connectivity index (χ3n) is 2.39. The second-order valence-corrected chi connectivity index (χ2v) is 6.79. The number of anilines is 1. The summed E-state index contributed by atoms with van der Waals surface area (Å²) in [6.45, 7) is 0. The maximum Gasteiger partial charge on any atom is 0.408 e. The normalized spacial score (nSPS) is 12.0. The number of rotatable bonds is 4. The van der Waals surface area contributed by atoms with E-state index in [1.807, 2.05) is 0 Å². The van der Waals surface area contributed by atoms with Gasteiger partial charge in [0.2, 0.25) is 3.79 Å². The standard InChI is InChI=1S/C11H11Cl3N4O4S/c1-22-10(19)17-8(11(12,13)14)16-9(23)15-6-2-4-7(5-3-6)18(20)21/h2-5,8H,1H3,(H,17,19)(H2,15,16,23)/t8-/m0/s1. The summed E-state index contributed by atoms with van der Waals surface area (Å²) in [4.78, 5) is 21.3. The minimum absolute atomic E-state index is 0.0200. The summed E-state index contributed by atoms with van der Waals surface area (Å²) in [5.41, 5.74) is 0.398. The molecule has 0 fully saturated rings. The number of alkyl halides is 3. The number of nitro benzene ring substituents is 1. The Hall–Kier alpha value is -1.55. The number of methoxy groups -OCH3 is 1. The van der Waals surface area contributed by atoms with Crippen molar-refractivity contribution in [2.45, 2.75) is 9.96 Å². The smallest absolute Gasteiger partial charge is 0.408 e. The van der Waals surface area contributed by atoms with Gasteiger partial charge in [0.15, 0.2) is 11.3 Å². The zero-order chi connectivity index (χ0) is 17.6. The molecule has 0 radical (unpaired) electrons. The summed E-state index contributed by atoms with van der Waals surface area (Å²) in [7, 11) is 1.15. The minimum atomic E-state index is -1.91. The zero-order valence-electron chi connectivity index (χ0n) is 11.5. The Bertz CT molecular complexity index is 594. The minimum Gasteiger partial charge on any atom is -0.453 e. The topological polar surface area (TPSA) is 106 Å². The lowest BCUT2D eigenvalue weighted by atomic mass is 10.3. The number of amides is 1. The van der Waals surface area contributed by atoms with Crippen molar-refractivity contribution in [3.63, 3.8) is 0 Å². The quantitative estimate of drug-likeness (QED) is 0.234. The first-order chi connectivity index (χ1) is 10.6. The number of hydrogen-bond acceptors (Lipinski definition) is 5. The van der Waals surface area contributed by atoms with E-state index >= 15 is 0 Å². The van der Waals surface area contributed by atoms with E-state index in [1.54, 1.807) is 0 Å². The van der Waals surface area contributed by atoms with Crippen LogP contribution in [0.25, 0.3) is 0 Å². The highest BCUT2D eigenvalue weighted by molar-refractivity contribution is 7.80. The van der Waals surface area contributed by atoms with Gasteiger partial charge in [-0.1, -0.05) is 34.8 Å². The van der Waals surface area contributed by atoms with Gasteiger partial charge in [-0.15, -0.1) is 0 Å². The lowest BCUT2D eigenvalue weighted by molar-refractivity contribution is -0.384. The maximum absolute atomic E-state index is 11.2. The summed E-state index contributed by atoms with van der Waals surface area (Å²) in [6, 6.07) is 5.49. The SMILES string of the molecule is COC(=O)N[C@H](NC(=S)Nc1ccc([N+](=O)[O-])cc1)C(Cl)(Cl)Cl. The number of benzene rings is 1. The molecule has 1 aromatic rings. The van der Waals surface area contributed by atoms with Gasteiger partial charge >= 0.3 is 6.09 Å². The Balaban J connectivity index is 2.71. The monoisotopic (exact) mass is 400 g/mol. The van der Waals surface area contributed by atoms with E-state index in [0.717, 1.165) is 7.11 Å². The molecule has 1 amide bonds. The molecule has 12 heteroatoms. The summed E-state index contributed by atoms with van der Waals surface area (Å²) in [5, 5.41) is 18.2. The highest BCUT2D eigenvalue weighted by Crippen LogP contribution is 2.29. The predicted molar refractivity (Wildman–Crippen MR) is 92.1 cm³/mol. The molecule has 23 heavy (non-hydrogen) atoms. The van der Waals surface area contributed by atoms with Crippen LogP contribution in [0.4, 0.5) is 16.2 Å². The molecule has 0 saturated heterocycles. The Morgan fingerprint density at radius 2 is 1.87 bits per heavy atom. The van der Waals surface area contributed by atoms with E-state index in [4.69, 9.17) is 47.0 Å². The molecule has 0 saturated carbocycles. The van der Waals surface area contributed by atoms with Crippen LogP contribution in [0.5, 0.6) is 0 Å². The molecule has 0 aromatic heterocycles. The molecule has 3 N–H and O–H groups in total. The van der Waals surface area contributed by atoms with Crippen molar-refractivity contribution < 1.29 is 14.5 Å². The first kappa shape index (κ1) is 19.5. The number of nitro groups is 1. The molecule has 1 atom stereocenters. The van der Waals surface area contributed by atoms with Crippen LogP contribution in [0, 0.1) is 10.1 Å². The molecule has 0 heterocycles. The summed E-state index contributed by atoms with van der Waals surface area (Å²) >= 11 is 22.2. The van der Waals surface area contributed by atoms with Gasteiger partial charge in [0.05, 0.1) is 12.0 Å². The van der Waals surface area contributed by atoms with Gasteiger partial charge in [-0.05, 0) is 24.4 Å². The van der Waals surface area contributed by atoms with Crippen molar-refractivity contribution in [1.29, 1.82) is 0 Å². The second kappa shape index (κ2) is 8.34. The number of carbonyl (C=O) groups is 1. The Labute approximate surface area is 151 Å². The molecule has 0 aliphatic heterocycles. The van der Waals surface area contributed by atoms with Gasteiger partial charge in [0.1, 0.15) is 0 Å². The van der Waals surface area contributed by atoms with Crippen molar-refractivity contribution in [2.75, 3.05) is 12.4 Å². The molecule has 126 valence electrons. The van der Waals surface area contributed by atoms with Crippen LogP contribution in [0.2, 0.25) is 0 Å². The van der Waals surface area contributed by atoms with Gasteiger partial charge in [-0.25, -0.2) is 4.79 Å². The van der Waals surface area contributed by atoms with E-state index < -0.39 is 21.0 Å². The number of nitrogens with zero attached hydrogens (tertiary/aromatic N) is 1. The Morgan fingerprint density at radius 3 is 2.30 bits per heavy atom. The first-order valence-electron chi connectivity index (χ1n) is 5.86. The largest absolute Gasteiger partial charge is 0.453 e. The van der Waals surface area contributed by atoms with E-state index in [-0.39, 0.29) is 10.8 Å². The van der Waals surface area contributed by atoms with Crippen molar-refractivity contribution in [2.24, 2.45) is 0 Å². The van der Waals surface area contributed by atoms with Gasteiger partial charge in [-0.3, -0.25) is 15.4 Å². The number of ether oxygens (including phenoxy) is 1. The van der Waals surface area contributed by atoms with Gasteiger partial charge in [0, 0.05) is 17.8 Å². The van der Waals surface area contributed by atoms with Crippen LogP contribution in [0.15, 0.2) is 24.3 Å². The second-order valence-electron chi connectivity index (χ2n) is 4.01. The highest BCUT2D eigenvalue weighted by Gasteiger charge is 2.35. The van der Waals surface area contributed by atoms with Crippen LogP contribution in [0.3, 0.4) is 0 Å². The number of nitrogens with one attached hydrogen (secondary N) is 3. The van der Waals surface area contributed by atoms with Crippen molar-refractivity contribution in [3.05, 3.63) is 34.4 Å². The Kier molecular flexibility index (Phi) is 7.07. The van der Waals surface area contributed by atoms with Crippen LogP contribution < -0.4 is 16.0 Å². The molecule has 1 aromatic carbocycles. The van der Waals surface area contributed by atoms with Crippen molar-refractivity contribution in [3.8, 4) is 0 Å². The fourth-order valence-electron chi connectivity index (χ4n) is 1.34. The van der Waals surface area contributed by atoms with Gasteiger partial charge in [-0.2, -0.15) is 0 Å². The number of thiocarbonyl (C=S) groups is 1. The maximum atomic E-state index is 11.2. The fraction of sp³-hybridized carbons (Fsp3) is 0.273. The molecule has 1 rings (SSSR count). The average Bonchev–Trinajstić information content (AvgIpc) is 2.45. The number of halogens is 3. The van der Waals surface area contributed by atoms with Crippen molar-refractivity contribution in [1.82, 2.24) is 10.6 Å². The summed E-state index contributed by atoms with van der Waals surface area (Å²) in [5.74, 6) is 0. The number of hydrogen-bond donors (Lipinski definition) is 3. The van der Waals surface area contributed by atoms with Gasteiger partial charge in [0.25, 0.3) is 5.69 Å². The molecule has 0 aliphatic rings. The van der Waals surface area contributed by atoms with E-state index in [2.05, 4.69) is 20.7 Å². The van der Waals surface area contributed by atoms with Gasteiger partial charge < -0.3 is 15.4 Å². The van der Waals surface area contributed by atoms with E-state index in [1.165, 1.54) is 24.3 Å². The van der Waals surface area contributed by atoms with E-state index in [0.29, 0.717) is 5.69 Å². The van der Waals surface area contributed by atoms with Crippen LogP contribution in [-0.2, 0) is 4.74 Å². The molecule has 8 nitrogen and oxygen atoms in total. The average molecular weight is 402 g/mol.